The van der Waals surface area contributed by atoms with Gasteiger partial charge in [-0.15, -0.1) is 5.10 Å². The van der Waals surface area contributed by atoms with E-state index in [0.29, 0.717) is 29.9 Å². The van der Waals surface area contributed by atoms with Gasteiger partial charge >= 0.3 is 12.2 Å². The Labute approximate surface area is 165 Å². The Morgan fingerprint density at radius 3 is 2.52 bits per heavy atom. The van der Waals surface area contributed by atoms with E-state index in [1.807, 2.05) is 13.8 Å². The summed E-state index contributed by atoms with van der Waals surface area (Å²) in [5, 5.41) is 11.2. The molecule has 4 rings (SSSR count). The van der Waals surface area contributed by atoms with Crippen LogP contribution in [0.4, 0.5) is 23.5 Å². The third-order valence-electron chi connectivity index (χ3n) is 5.58. The van der Waals surface area contributed by atoms with Gasteiger partial charge in [-0.25, -0.2) is 9.07 Å². The second kappa shape index (κ2) is 7.47. The summed E-state index contributed by atoms with van der Waals surface area (Å²) in [6.45, 7) is 5.53. The summed E-state index contributed by atoms with van der Waals surface area (Å²) in [6.07, 6.45) is -2.35. The average molecular weight is 413 g/mol. The molecule has 0 spiro atoms. The fraction of sp³-hybridized carbons (Fsp3) is 0.579. The molecule has 29 heavy (non-hydrogen) atoms. The van der Waals surface area contributed by atoms with Crippen molar-refractivity contribution in [1.29, 1.82) is 0 Å². The highest BCUT2D eigenvalue weighted by atomic mass is 19.4. The molecule has 2 N–H and O–H groups in total. The zero-order valence-corrected chi connectivity index (χ0v) is 16.1. The average Bonchev–Trinajstić information content (AvgIpc) is 3.12. The van der Waals surface area contributed by atoms with Gasteiger partial charge in [-0.05, 0) is 69.8 Å². The van der Waals surface area contributed by atoms with Crippen LogP contribution in [0.15, 0.2) is 18.2 Å². The first-order valence-electron chi connectivity index (χ1n) is 9.70. The van der Waals surface area contributed by atoms with Crippen molar-refractivity contribution in [2.24, 2.45) is 11.8 Å². The summed E-state index contributed by atoms with van der Waals surface area (Å²) in [6, 6.07) is 2.05. The van der Waals surface area contributed by atoms with E-state index in [2.05, 4.69) is 20.7 Å². The minimum absolute atomic E-state index is 0.0537. The Morgan fingerprint density at radius 2 is 1.90 bits per heavy atom. The van der Waals surface area contributed by atoms with Crippen LogP contribution in [0.2, 0.25) is 0 Å². The SMILES string of the molecule is CC(C)n1nc(N[C@H]2[C@@H]3CC[C@H]2CNC3)nc1Oc1cc(C(F)(F)F)ccc1F. The molecule has 2 bridgehead atoms. The van der Waals surface area contributed by atoms with E-state index in [9.17, 15) is 17.6 Å². The van der Waals surface area contributed by atoms with Crippen LogP contribution in [0.5, 0.6) is 11.8 Å². The van der Waals surface area contributed by atoms with Gasteiger partial charge in [0.2, 0.25) is 5.95 Å². The number of hydrogen-bond donors (Lipinski definition) is 2. The van der Waals surface area contributed by atoms with Crippen molar-refractivity contribution >= 4 is 5.95 Å². The number of benzene rings is 1. The van der Waals surface area contributed by atoms with Gasteiger partial charge in [0.25, 0.3) is 0 Å². The van der Waals surface area contributed by atoms with Gasteiger partial charge in [-0.1, -0.05) is 0 Å². The summed E-state index contributed by atoms with van der Waals surface area (Å²) >= 11 is 0. The molecular formula is C19H23F4N5O. The summed E-state index contributed by atoms with van der Waals surface area (Å²) < 4.78 is 59.9. The zero-order valence-electron chi connectivity index (χ0n) is 16.1. The van der Waals surface area contributed by atoms with Crippen LogP contribution < -0.4 is 15.4 Å². The van der Waals surface area contributed by atoms with Gasteiger partial charge in [0.15, 0.2) is 11.6 Å². The van der Waals surface area contributed by atoms with Crippen LogP contribution in [0.3, 0.4) is 0 Å². The lowest BCUT2D eigenvalue weighted by atomic mass is 9.94. The van der Waals surface area contributed by atoms with Gasteiger partial charge < -0.3 is 15.4 Å². The summed E-state index contributed by atoms with van der Waals surface area (Å²) in [4.78, 5) is 4.30. The summed E-state index contributed by atoms with van der Waals surface area (Å²) in [5.74, 6) is -0.148. The number of nitrogens with one attached hydrogen (secondary N) is 2. The van der Waals surface area contributed by atoms with Gasteiger partial charge in [-0.3, -0.25) is 0 Å². The number of alkyl halides is 3. The quantitative estimate of drug-likeness (QED) is 0.719. The number of aromatic nitrogens is 3. The Balaban J connectivity index is 1.59. The van der Waals surface area contributed by atoms with E-state index in [1.165, 1.54) is 4.68 Å². The predicted molar refractivity (Wildman–Crippen MR) is 98.4 cm³/mol. The van der Waals surface area contributed by atoms with Crippen molar-refractivity contribution < 1.29 is 22.3 Å². The highest BCUT2D eigenvalue weighted by Crippen LogP contribution is 2.37. The number of rotatable bonds is 5. The fourth-order valence-electron chi connectivity index (χ4n) is 4.10. The molecule has 10 heteroatoms. The van der Waals surface area contributed by atoms with Crippen molar-refractivity contribution in [1.82, 2.24) is 20.1 Å². The third kappa shape index (κ3) is 4.03. The van der Waals surface area contributed by atoms with Crippen LogP contribution in [0.25, 0.3) is 0 Å². The molecule has 1 saturated carbocycles. The Bertz CT molecular complexity index is 866. The summed E-state index contributed by atoms with van der Waals surface area (Å²) in [7, 11) is 0. The Kier molecular flexibility index (Phi) is 5.14. The molecule has 6 nitrogen and oxygen atoms in total. The Hall–Kier alpha value is -2.36. The second-order valence-electron chi connectivity index (χ2n) is 7.93. The number of fused-ring (bicyclic) bond motifs is 2. The molecule has 1 saturated heterocycles. The maximum atomic E-state index is 14.1. The second-order valence-corrected chi connectivity index (χ2v) is 7.93. The Morgan fingerprint density at radius 1 is 1.21 bits per heavy atom. The number of piperidine rings is 1. The van der Waals surface area contributed by atoms with E-state index < -0.39 is 23.3 Å². The molecule has 1 aliphatic heterocycles. The molecule has 2 heterocycles. The lowest BCUT2D eigenvalue weighted by Gasteiger charge is -2.30. The first kappa shape index (κ1) is 19.9. The van der Waals surface area contributed by atoms with Crippen molar-refractivity contribution in [3.05, 3.63) is 29.6 Å². The molecule has 0 unspecified atom stereocenters. The molecule has 2 aromatic rings. The van der Waals surface area contributed by atoms with Gasteiger partial charge in [-0.2, -0.15) is 18.2 Å². The predicted octanol–water partition coefficient (Wildman–Crippen LogP) is 4.22. The molecule has 158 valence electrons. The number of anilines is 1. The highest BCUT2D eigenvalue weighted by Gasteiger charge is 2.39. The van der Waals surface area contributed by atoms with Crippen molar-refractivity contribution in [2.45, 2.75) is 44.9 Å². The van der Waals surface area contributed by atoms with E-state index in [-0.39, 0.29) is 18.1 Å². The van der Waals surface area contributed by atoms with Crippen LogP contribution in [0.1, 0.15) is 38.3 Å². The molecule has 2 aliphatic rings. The first-order valence-corrected chi connectivity index (χ1v) is 9.70. The number of hydrogen-bond acceptors (Lipinski definition) is 5. The normalized spacial score (nSPS) is 24.2. The highest BCUT2D eigenvalue weighted by molar-refractivity contribution is 5.35. The van der Waals surface area contributed by atoms with Crippen molar-refractivity contribution in [3.63, 3.8) is 0 Å². The largest absolute Gasteiger partial charge is 0.421 e. The molecule has 3 atom stereocenters. The van der Waals surface area contributed by atoms with E-state index in [0.717, 1.165) is 32.0 Å². The van der Waals surface area contributed by atoms with Gasteiger partial charge in [0.05, 0.1) is 11.6 Å². The molecular weight excluding hydrogens is 390 g/mol. The fourth-order valence-corrected chi connectivity index (χ4v) is 4.10. The number of ether oxygens (including phenoxy) is 1. The van der Waals surface area contributed by atoms with Crippen LogP contribution in [-0.2, 0) is 6.18 Å². The van der Waals surface area contributed by atoms with Crippen LogP contribution in [-0.4, -0.2) is 33.9 Å². The van der Waals surface area contributed by atoms with E-state index >= 15 is 0 Å². The van der Waals surface area contributed by atoms with Crippen LogP contribution in [0, 0.1) is 17.7 Å². The minimum atomic E-state index is -4.60. The van der Waals surface area contributed by atoms with Crippen molar-refractivity contribution in [3.8, 4) is 11.8 Å². The standard InChI is InChI=1S/C19H23F4N5O/c1-10(2)28-18(29-15-7-13(19(21,22)23)5-6-14(15)20)26-17(27-28)25-16-11-3-4-12(16)9-24-8-11/h5-7,10-12,16,24H,3-4,8-9H2,1-2H3,(H,25,27)/t11-,12+,16+. The topological polar surface area (TPSA) is 64.0 Å². The summed E-state index contributed by atoms with van der Waals surface area (Å²) in [5.41, 5.74) is -0.992. The molecule has 1 aromatic heterocycles. The third-order valence-corrected chi connectivity index (χ3v) is 5.58. The first-order chi connectivity index (χ1) is 13.7. The maximum absolute atomic E-state index is 14.1. The molecule has 0 radical (unpaired) electrons. The monoisotopic (exact) mass is 413 g/mol. The number of halogens is 4. The van der Waals surface area contributed by atoms with E-state index in [4.69, 9.17) is 4.74 Å². The zero-order chi connectivity index (χ0) is 20.8. The van der Waals surface area contributed by atoms with Crippen LogP contribution >= 0.6 is 0 Å². The van der Waals surface area contributed by atoms with Gasteiger partial charge in [0, 0.05) is 6.04 Å². The minimum Gasteiger partial charge on any atom is -0.421 e. The maximum Gasteiger partial charge on any atom is 0.416 e. The smallest absolute Gasteiger partial charge is 0.416 e. The molecule has 0 amide bonds. The van der Waals surface area contributed by atoms with Gasteiger partial charge in [0.1, 0.15) is 0 Å². The molecule has 1 aromatic carbocycles. The molecule has 1 aliphatic carbocycles. The van der Waals surface area contributed by atoms with E-state index in [1.54, 1.807) is 0 Å². The molecule has 2 fully saturated rings. The van der Waals surface area contributed by atoms with Crippen molar-refractivity contribution in [2.75, 3.05) is 18.4 Å². The number of nitrogens with zero attached hydrogens (tertiary/aromatic N) is 3. The lowest BCUT2D eigenvalue weighted by molar-refractivity contribution is -0.137. The lowest BCUT2D eigenvalue weighted by Crippen LogP contribution is -2.45.